The van der Waals surface area contributed by atoms with Crippen LogP contribution in [0.5, 0.6) is 0 Å². The first kappa shape index (κ1) is 23.3. The highest BCUT2D eigenvalue weighted by molar-refractivity contribution is 5.92. The minimum absolute atomic E-state index is 0.139. The smallest absolute Gasteiger partial charge is 0.306 e. The largest absolute Gasteiger partial charge is 0.461 e. The molecule has 0 aliphatic carbocycles. The van der Waals surface area contributed by atoms with Gasteiger partial charge in [0.2, 0.25) is 0 Å². The number of Topliss-reactive ketones (excluding diaryl/α,β-unsaturated/α-hetero) is 1. The summed E-state index contributed by atoms with van der Waals surface area (Å²) in [6.45, 7) is 7.96. The predicted molar refractivity (Wildman–Crippen MR) is 107 cm³/mol. The van der Waals surface area contributed by atoms with Gasteiger partial charge < -0.3 is 15.2 Å². The van der Waals surface area contributed by atoms with Crippen molar-refractivity contribution in [2.24, 2.45) is 0 Å². The molecule has 0 bridgehead atoms. The van der Waals surface area contributed by atoms with Crippen molar-refractivity contribution < 1.29 is 19.4 Å². The predicted octanol–water partition coefficient (Wildman–Crippen LogP) is 3.78. The summed E-state index contributed by atoms with van der Waals surface area (Å²) >= 11 is 0. The van der Waals surface area contributed by atoms with E-state index in [1.807, 2.05) is 44.2 Å². The van der Waals surface area contributed by atoms with Crippen LogP contribution in [-0.2, 0) is 20.9 Å². The minimum atomic E-state index is -1.35. The maximum absolute atomic E-state index is 12.9. The second-order valence-corrected chi connectivity index (χ2v) is 7.02. The Morgan fingerprint density at radius 3 is 2.19 bits per heavy atom. The molecule has 0 spiro atoms. The van der Waals surface area contributed by atoms with Crippen LogP contribution in [-0.4, -0.2) is 34.5 Å². The molecule has 5 nitrogen and oxygen atoms in total. The molecular formula is C22H35NO4. The van der Waals surface area contributed by atoms with E-state index in [0.717, 1.165) is 18.4 Å². The number of nitrogens with one attached hydrogen (secondary N) is 1. The van der Waals surface area contributed by atoms with Crippen LogP contribution in [0.2, 0.25) is 0 Å². The van der Waals surface area contributed by atoms with E-state index in [2.05, 4.69) is 19.2 Å². The van der Waals surface area contributed by atoms with Gasteiger partial charge in [-0.2, -0.15) is 0 Å². The average molecular weight is 378 g/mol. The number of hydrogen-bond donors (Lipinski definition) is 2. The Labute approximate surface area is 163 Å². The summed E-state index contributed by atoms with van der Waals surface area (Å²) in [6, 6.07) is 9.13. The minimum Gasteiger partial charge on any atom is -0.461 e. The van der Waals surface area contributed by atoms with Gasteiger partial charge in [-0.3, -0.25) is 9.59 Å². The molecule has 1 unspecified atom stereocenters. The van der Waals surface area contributed by atoms with Crippen molar-refractivity contribution in [1.29, 1.82) is 0 Å². The lowest BCUT2D eigenvalue weighted by atomic mass is 9.86. The fraction of sp³-hybridized carbons (Fsp3) is 0.636. The molecule has 0 aliphatic rings. The van der Waals surface area contributed by atoms with Gasteiger partial charge >= 0.3 is 5.97 Å². The van der Waals surface area contributed by atoms with Crippen LogP contribution in [0.4, 0.5) is 0 Å². The van der Waals surface area contributed by atoms with E-state index in [9.17, 15) is 14.7 Å². The molecule has 1 aromatic rings. The van der Waals surface area contributed by atoms with Crippen LogP contribution in [0.3, 0.4) is 0 Å². The molecule has 27 heavy (non-hydrogen) atoms. The van der Waals surface area contributed by atoms with Crippen LogP contribution >= 0.6 is 0 Å². The van der Waals surface area contributed by atoms with E-state index >= 15 is 0 Å². The Bertz CT molecular complexity index is 565. The van der Waals surface area contributed by atoms with Gasteiger partial charge in [-0.05, 0) is 37.7 Å². The van der Waals surface area contributed by atoms with Crippen LogP contribution in [0.1, 0.15) is 71.8 Å². The topological polar surface area (TPSA) is 75.6 Å². The standard InChI is InChI=1S/C22H35NO4/c1-5-18(6-2)23-19(21(25)22(26,7-3)8-4)14-15-20(24)27-16-17-12-10-9-11-13-17/h9-13,18-19,23,26H,5-8,14-16H2,1-4H3. The summed E-state index contributed by atoms with van der Waals surface area (Å²) in [4.78, 5) is 25.1. The summed E-state index contributed by atoms with van der Waals surface area (Å²) in [5.41, 5.74) is -0.419. The molecule has 1 aromatic carbocycles. The van der Waals surface area contributed by atoms with E-state index in [1.54, 1.807) is 0 Å². The van der Waals surface area contributed by atoms with Crippen molar-refractivity contribution in [1.82, 2.24) is 5.32 Å². The normalized spacial score (nSPS) is 12.8. The number of carbonyl (C=O) groups is 2. The van der Waals surface area contributed by atoms with Gasteiger partial charge in [0.25, 0.3) is 0 Å². The molecule has 0 heterocycles. The SMILES string of the molecule is CCC(CC)NC(CCC(=O)OCc1ccccc1)C(=O)C(O)(CC)CC. The first-order valence-electron chi connectivity index (χ1n) is 10.1. The lowest BCUT2D eigenvalue weighted by molar-refractivity contribution is -0.146. The monoisotopic (exact) mass is 377 g/mol. The molecule has 0 fully saturated rings. The lowest BCUT2D eigenvalue weighted by Crippen LogP contribution is -2.52. The molecule has 2 N–H and O–H groups in total. The highest BCUT2D eigenvalue weighted by Gasteiger charge is 2.37. The summed E-state index contributed by atoms with van der Waals surface area (Å²) in [6.07, 6.45) is 2.96. The van der Waals surface area contributed by atoms with Crippen LogP contribution in [0.25, 0.3) is 0 Å². The van der Waals surface area contributed by atoms with Crippen molar-refractivity contribution in [3.05, 3.63) is 35.9 Å². The number of aliphatic hydroxyl groups is 1. The average Bonchev–Trinajstić information content (AvgIpc) is 2.72. The molecular weight excluding hydrogens is 342 g/mol. The number of rotatable bonds is 13. The first-order valence-corrected chi connectivity index (χ1v) is 10.1. The molecule has 1 rings (SSSR count). The van der Waals surface area contributed by atoms with E-state index in [1.165, 1.54) is 0 Å². The number of ketones is 1. The van der Waals surface area contributed by atoms with Gasteiger partial charge in [0.1, 0.15) is 12.2 Å². The van der Waals surface area contributed by atoms with Crippen molar-refractivity contribution in [2.45, 2.75) is 90.5 Å². The summed E-state index contributed by atoms with van der Waals surface area (Å²) in [5.74, 6) is -0.560. The van der Waals surface area contributed by atoms with E-state index < -0.39 is 11.6 Å². The third kappa shape index (κ3) is 7.43. The fourth-order valence-corrected chi connectivity index (χ4v) is 3.09. The van der Waals surface area contributed by atoms with Crippen molar-refractivity contribution >= 4 is 11.8 Å². The van der Waals surface area contributed by atoms with Crippen molar-refractivity contribution in [3.8, 4) is 0 Å². The van der Waals surface area contributed by atoms with Gasteiger partial charge in [0.15, 0.2) is 5.78 Å². The maximum atomic E-state index is 12.9. The molecule has 0 saturated carbocycles. The zero-order chi connectivity index (χ0) is 20.3. The van der Waals surface area contributed by atoms with Gasteiger partial charge in [-0.25, -0.2) is 0 Å². The lowest BCUT2D eigenvalue weighted by Gasteiger charge is -2.31. The van der Waals surface area contributed by atoms with Gasteiger partial charge in [-0.1, -0.05) is 58.0 Å². The van der Waals surface area contributed by atoms with Gasteiger partial charge in [0.05, 0.1) is 6.04 Å². The molecule has 1 atom stereocenters. The highest BCUT2D eigenvalue weighted by Crippen LogP contribution is 2.21. The Balaban J connectivity index is 2.69. The fourth-order valence-electron chi connectivity index (χ4n) is 3.09. The zero-order valence-corrected chi connectivity index (χ0v) is 17.2. The molecule has 0 aliphatic heterocycles. The maximum Gasteiger partial charge on any atom is 0.306 e. The first-order chi connectivity index (χ1) is 12.9. The molecule has 0 saturated heterocycles. The second-order valence-electron chi connectivity index (χ2n) is 7.02. The van der Waals surface area contributed by atoms with Gasteiger partial charge in [0, 0.05) is 12.5 Å². The quantitative estimate of drug-likeness (QED) is 0.512. The molecule has 0 radical (unpaired) electrons. The van der Waals surface area contributed by atoms with Gasteiger partial charge in [-0.15, -0.1) is 0 Å². The summed E-state index contributed by atoms with van der Waals surface area (Å²) < 4.78 is 5.31. The zero-order valence-electron chi connectivity index (χ0n) is 17.2. The molecule has 5 heteroatoms. The number of benzene rings is 1. The summed E-state index contributed by atoms with van der Waals surface area (Å²) in [5, 5.41) is 14.0. The van der Waals surface area contributed by atoms with Crippen molar-refractivity contribution in [2.75, 3.05) is 0 Å². The third-order valence-electron chi connectivity index (χ3n) is 5.25. The van der Waals surface area contributed by atoms with Crippen LogP contribution in [0.15, 0.2) is 30.3 Å². The summed E-state index contributed by atoms with van der Waals surface area (Å²) in [7, 11) is 0. The highest BCUT2D eigenvalue weighted by atomic mass is 16.5. The van der Waals surface area contributed by atoms with Crippen molar-refractivity contribution in [3.63, 3.8) is 0 Å². The number of esters is 1. The van der Waals surface area contributed by atoms with E-state index in [4.69, 9.17) is 4.74 Å². The Kier molecular flexibility index (Phi) is 10.3. The number of carbonyl (C=O) groups excluding carboxylic acids is 2. The molecule has 0 aromatic heterocycles. The Morgan fingerprint density at radius 2 is 1.67 bits per heavy atom. The van der Waals surface area contributed by atoms with Crippen LogP contribution < -0.4 is 5.32 Å². The Hall–Kier alpha value is -1.72. The third-order valence-corrected chi connectivity index (χ3v) is 5.25. The van der Waals surface area contributed by atoms with E-state index in [-0.39, 0.29) is 30.8 Å². The number of ether oxygens (including phenoxy) is 1. The second kappa shape index (κ2) is 11.9. The molecule has 0 amide bonds. The number of hydrogen-bond acceptors (Lipinski definition) is 5. The Morgan fingerprint density at radius 1 is 1.07 bits per heavy atom. The van der Waals surface area contributed by atoms with E-state index in [0.29, 0.717) is 19.3 Å². The molecule has 152 valence electrons. The van der Waals surface area contributed by atoms with Crippen LogP contribution in [0, 0.1) is 0 Å².